The standard InChI is InChI=1S/C14H12O.C8H8O2/c1-10-11-6-2-4-8-13(11)15-14-9-5-3-7-12(10)14;1-6-2-3-7-8(4-6)10-5-9-7/h2-10H,1H3;2-4H,5H2,1H3. The van der Waals surface area contributed by atoms with E-state index in [0.717, 1.165) is 23.0 Å². The summed E-state index contributed by atoms with van der Waals surface area (Å²) in [6.07, 6.45) is 0. The van der Waals surface area contributed by atoms with Gasteiger partial charge in [-0.2, -0.15) is 0 Å². The van der Waals surface area contributed by atoms with Crippen LogP contribution >= 0.6 is 0 Å². The molecule has 0 spiro atoms. The first-order chi connectivity index (χ1) is 12.2. The maximum Gasteiger partial charge on any atom is 0.231 e. The lowest BCUT2D eigenvalue weighted by Gasteiger charge is -2.25. The van der Waals surface area contributed by atoms with Gasteiger partial charge in [0.15, 0.2) is 11.5 Å². The Morgan fingerprint density at radius 3 is 2.00 bits per heavy atom. The molecule has 0 aliphatic carbocycles. The van der Waals surface area contributed by atoms with Crippen molar-refractivity contribution in [2.45, 2.75) is 19.8 Å². The molecule has 0 saturated carbocycles. The van der Waals surface area contributed by atoms with Crippen LogP contribution in [0.5, 0.6) is 23.0 Å². The van der Waals surface area contributed by atoms with Crippen LogP contribution in [0.2, 0.25) is 0 Å². The van der Waals surface area contributed by atoms with E-state index in [2.05, 4.69) is 31.2 Å². The first kappa shape index (κ1) is 15.6. The van der Waals surface area contributed by atoms with Crippen molar-refractivity contribution in [1.82, 2.24) is 0 Å². The Balaban J connectivity index is 0.000000136. The molecule has 3 heteroatoms. The van der Waals surface area contributed by atoms with Gasteiger partial charge in [0, 0.05) is 17.0 Å². The van der Waals surface area contributed by atoms with Gasteiger partial charge in [-0.3, -0.25) is 0 Å². The Morgan fingerprint density at radius 2 is 1.32 bits per heavy atom. The second-order valence-corrected chi connectivity index (χ2v) is 6.26. The average molecular weight is 332 g/mol. The Hall–Kier alpha value is -2.94. The van der Waals surface area contributed by atoms with Gasteiger partial charge < -0.3 is 14.2 Å². The van der Waals surface area contributed by atoms with Crippen LogP contribution in [0.3, 0.4) is 0 Å². The molecule has 0 saturated heterocycles. The third kappa shape index (κ3) is 3.05. The van der Waals surface area contributed by atoms with Crippen LogP contribution in [0, 0.1) is 6.92 Å². The minimum atomic E-state index is 0.360. The maximum atomic E-state index is 5.85. The molecule has 0 aromatic heterocycles. The summed E-state index contributed by atoms with van der Waals surface area (Å²) >= 11 is 0. The van der Waals surface area contributed by atoms with Gasteiger partial charge in [-0.05, 0) is 36.8 Å². The van der Waals surface area contributed by atoms with E-state index in [0.29, 0.717) is 12.7 Å². The molecule has 2 aliphatic rings. The maximum absolute atomic E-state index is 5.85. The van der Waals surface area contributed by atoms with E-state index in [4.69, 9.17) is 14.2 Å². The molecule has 0 unspecified atom stereocenters. The molecule has 126 valence electrons. The number of fused-ring (bicyclic) bond motifs is 3. The molecule has 0 radical (unpaired) electrons. The summed E-state index contributed by atoms with van der Waals surface area (Å²) in [4.78, 5) is 0. The molecule has 3 aromatic carbocycles. The fourth-order valence-corrected chi connectivity index (χ4v) is 3.15. The van der Waals surface area contributed by atoms with Gasteiger partial charge in [-0.15, -0.1) is 0 Å². The summed E-state index contributed by atoms with van der Waals surface area (Å²) in [6.45, 7) is 4.61. The second-order valence-electron chi connectivity index (χ2n) is 6.26. The van der Waals surface area contributed by atoms with Crippen molar-refractivity contribution in [2.75, 3.05) is 6.79 Å². The summed E-state index contributed by atoms with van der Waals surface area (Å²) in [6, 6.07) is 22.4. The van der Waals surface area contributed by atoms with E-state index in [1.807, 2.05) is 49.4 Å². The number of rotatable bonds is 0. The first-order valence-electron chi connectivity index (χ1n) is 8.44. The number of ether oxygens (including phenoxy) is 3. The van der Waals surface area contributed by atoms with Crippen molar-refractivity contribution >= 4 is 0 Å². The van der Waals surface area contributed by atoms with E-state index in [1.165, 1.54) is 16.7 Å². The van der Waals surface area contributed by atoms with Gasteiger partial charge in [0.2, 0.25) is 6.79 Å². The fraction of sp³-hybridized carbons (Fsp3) is 0.182. The van der Waals surface area contributed by atoms with Crippen molar-refractivity contribution in [2.24, 2.45) is 0 Å². The highest BCUT2D eigenvalue weighted by atomic mass is 16.7. The molecule has 25 heavy (non-hydrogen) atoms. The molecule has 3 aromatic rings. The lowest BCUT2D eigenvalue weighted by atomic mass is 9.90. The summed E-state index contributed by atoms with van der Waals surface area (Å²) in [5.74, 6) is 4.11. The van der Waals surface area contributed by atoms with Crippen LogP contribution in [0.15, 0.2) is 66.7 Å². The molecule has 0 atom stereocenters. The van der Waals surface area contributed by atoms with Crippen molar-refractivity contribution in [1.29, 1.82) is 0 Å². The number of hydrogen-bond acceptors (Lipinski definition) is 3. The lowest BCUT2D eigenvalue weighted by Crippen LogP contribution is -2.06. The number of para-hydroxylation sites is 2. The topological polar surface area (TPSA) is 27.7 Å². The number of aryl methyl sites for hydroxylation is 1. The van der Waals surface area contributed by atoms with Gasteiger partial charge in [-0.25, -0.2) is 0 Å². The molecular weight excluding hydrogens is 312 g/mol. The van der Waals surface area contributed by atoms with Crippen LogP contribution in [-0.4, -0.2) is 6.79 Å². The van der Waals surface area contributed by atoms with Crippen LogP contribution < -0.4 is 14.2 Å². The van der Waals surface area contributed by atoms with Crippen LogP contribution in [0.25, 0.3) is 0 Å². The Bertz CT molecular complexity index is 856. The summed E-state index contributed by atoms with van der Waals surface area (Å²) < 4.78 is 16.1. The highest BCUT2D eigenvalue weighted by Crippen LogP contribution is 2.43. The van der Waals surface area contributed by atoms with E-state index in [9.17, 15) is 0 Å². The highest BCUT2D eigenvalue weighted by molar-refractivity contribution is 5.52. The van der Waals surface area contributed by atoms with Crippen LogP contribution in [0.4, 0.5) is 0 Å². The molecule has 2 heterocycles. The molecule has 3 nitrogen and oxygen atoms in total. The minimum Gasteiger partial charge on any atom is -0.457 e. The fourth-order valence-electron chi connectivity index (χ4n) is 3.15. The summed E-state index contributed by atoms with van der Waals surface area (Å²) in [5.41, 5.74) is 3.75. The molecule has 0 N–H and O–H groups in total. The molecule has 2 aliphatic heterocycles. The van der Waals surface area contributed by atoms with Gasteiger partial charge in [0.05, 0.1) is 0 Å². The van der Waals surface area contributed by atoms with Crippen LogP contribution in [0.1, 0.15) is 29.5 Å². The predicted molar refractivity (Wildman–Crippen MR) is 97.8 cm³/mol. The minimum absolute atomic E-state index is 0.360. The van der Waals surface area contributed by atoms with Gasteiger partial charge in [-0.1, -0.05) is 49.4 Å². The summed E-state index contributed by atoms with van der Waals surface area (Å²) in [7, 11) is 0. The largest absolute Gasteiger partial charge is 0.457 e. The van der Waals surface area contributed by atoms with E-state index >= 15 is 0 Å². The van der Waals surface area contributed by atoms with Crippen LogP contribution in [-0.2, 0) is 0 Å². The van der Waals surface area contributed by atoms with Crippen molar-refractivity contribution in [3.05, 3.63) is 83.4 Å². The quantitative estimate of drug-likeness (QED) is 0.531. The SMILES string of the molecule is CC1c2ccccc2Oc2ccccc21.Cc1ccc2c(c1)OCO2. The Morgan fingerprint density at radius 1 is 0.720 bits per heavy atom. The average Bonchev–Trinajstić information content (AvgIpc) is 3.10. The zero-order valence-electron chi connectivity index (χ0n) is 14.4. The van der Waals surface area contributed by atoms with Crippen molar-refractivity contribution in [3.63, 3.8) is 0 Å². The normalized spacial score (nSPS) is 13.8. The zero-order valence-corrected chi connectivity index (χ0v) is 14.4. The molecule has 0 bridgehead atoms. The molecule has 0 amide bonds. The smallest absolute Gasteiger partial charge is 0.231 e. The highest BCUT2D eigenvalue weighted by Gasteiger charge is 2.22. The summed E-state index contributed by atoms with van der Waals surface area (Å²) in [5, 5.41) is 0. The monoisotopic (exact) mass is 332 g/mol. The third-order valence-corrected chi connectivity index (χ3v) is 4.52. The Kier molecular flexibility index (Phi) is 4.06. The van der Waals surface area contributed by atoms with Gasteiger partial charge >= 0.3 is 0 Å². The van der Waals surface area contributed by atoms with Crippen molar-refractivity contribution < 1.29 is 14.2 Å². The van der Waals surface area contributed by atoms with E-state index in [-0.39, 0.29) is 0 Å². The number of hydrogen-bond donors (Lipinski definition) is 0. The molecule has 5 rings (SSSR count). The number of benzene rings is 3. The lowest BCUT2D eigenvalue weighted by molar-refractivity contribution is 0.174. The van der Waals surface area contributed by atoms with E-state index in [1.54, 1.807) is 0 Å². The molecular formula is C22H20O3. The first-order valence-corrected chi connectivity index (χ1v) is 8.44. The second kappa shape index (κ2) is 6.52. The van der Waals surface area contributed by atoms with Gasteiger partial charge in [0.25, 0.3) is 0 Å². The molecule has 0 fully saturated rings. The Labute approximate surface area is 147 Å². The van der Waals surface area contributed by atoms with Gasteiger partial charge in [0.1, 0.15) is 11.5 Å². The van der Waals surface area contributed by atoms with E-state index < -0.39 is 0 Å². The predicted octanol–water partition coefficient (Wildman–Crippen LogP) is 5.67. The zero-order chi connectivity index (χ0) is 17.2. The van der Waals surface area contributed by atoms with Crippen molar-refractivity contribution in [3.8, 4) is 23.0 Å². The third-order valence-electron chi connectivity index (χ3n) is 4.52.